The predicted octanol–water partition coefficient (Wildman–Crippen LogP) is 4.54. The first-order chi connectivity index (χ1) is 9.56. The van der Waals surface area contributed by atoms with Gasteiger partial charge in [0.1, 0.15) is 0 Å². The number of nitrogens with one attached hydrogen (secondary N) is 1. The van der Waals surface area contributed by atoms with E-state index in [2.05, 4.69) is 60.1 Å². The fourth-order valence-electron chi connectivity index (χ4n) is 2.12. The van der Waals surface area contributed by atoms with Crippen LogP contribution in [-0.2, 0) is 13.1 Å². The Morgan fingerprint density at radius 1 is 1.30 bits per heavy atom. The van der Waals surface area contributed by atoms with Crippen LogP contribution in [0.25, 0.3) is 0 Å². The van der Waals surface area contributed by atoms with E-state index in [1.165, 1.54) is 16.8 Å². The van der Waals surface area contributed by atoms with Crippen LogP contribution in [-0.4, -0.2) is 13.1 Å². The summed E-state index contributed by atoms with van der Waals surface area (Å²) in [7, 11) is 2.12. The number of anilines is 1. The van der Waals surface area contributed by atoms with Crippen LogP contribution in [0, 0.1) is 0 Å². The highest BCUT2D eigenvalue weighted by molar-refractivity contribution is 7.07. The summed E-state index contributed by atoms with van der Waals surface area (Å²) in [6.45, 7) is 6.06. The molecule has 1 heterocycles. The van der Waals surface area contributed by atoms with Gasteiger partial charge in [0.2, 0.25) is 0 Å². The summed E-state index contributed by atoms with van der Waals surface area (Å²) in [5, 5.41) is 8.56. The van der Waals surface area contributed by atoms with Crippen LogP contribution in [0.15, 0.2) is 35.0 Å². The summed E-state index contributed by atoms with van der Waals surface area (Å²) in [6, 6.07) is 8.75. The molecule has 108 valence electrons. The third-order valence-corrected chi connectivity index (χ3v) is 4.12. The van der Waals surface area contributed by atoms with Gasteiger partial charge in [-0.25, -0.2) is 0 Å². The summed E-state index contributed by atoms with van der Waals surface area (Å²) < 4.78 is 0. The molecule has 4 heteroatoms. The Morgan fingerprint density at radius 2 is 2.10 bits per heavy atom. The number of benzene rings is 1. The van der Waals surface area contributed by atoms with E-state index in [9.17, 15) is 0 Å². The van der Waals surface area contributed by atoms with Crippen LogP contribution in [0.3, 0.4) is 0 Å². The second-order valence-electron chi connectivity index (χ2n) is 5.30. The average Bonchev–Trinajstić information content (AvgIpc) is 2.89. The largest absolute Gasteiger partial charge is 0.370 e. The van der Waals surface area contributed by atoms with Crippen molar-refractivity contribution in [3.63, 3.8) is 0 Å². The van der Waals surface area contributed by atoms with Crippen LogP contribution >= 0.6 is 22.9 Å². The molecule has 0 saturated carbocycles. The van der Waals surface area contributed by atoms with Crippen molar-refractivity contribution in [1.82, 2.24) is 5.32 Å². The summed E-state index contributed by atoms with van der Waals surface area (Å²) in [5.41, 5.74) is 3.81. The molecule has 2 nitrogen and oxygen atoms in total. The molecule has 0 aliphatic rings. The van der Waals surface area contributed by atoms with Crippen LogP contribution < -0.4 is 10.2 Å². The third kappa shape index (κ3) is 4.23. The maximum Gasteiger partial charge on any atom is 0.0434 e. The molecule has 0 bridgehead atoms. The smallest absolute Gasteiger partial charge is 0.0434 e. The second-order valence-corrected chi connectivity index (χ2v) is 6.51. The van der Waals surface area contributed by atoms with Gasteiger partial charge in [-0.1, -0.05) is 25.4 Å². The highest BCUT2D eigenvalue weighted by Crippen LogP contribution is 2.25. The number of thiophene rings is 1. The van der Waals surface area contributed by atoms with E-state index in [4.69, 9.17) is 11.6 Å². The van der Waals surface area contributed by atoms with Gasteiger partial charge in [-0.3, -0.25) is 0 Å². The van der Waals surface area contributed by atoms with E-state index in [1.807, 2.05) is 6.07 Å². The van der Waals surface area contributed by atoms with Gasteiger partial charge in [0.05, 0.1) is 0 Å². The summed E-state index contributed by atoms with van der Waals surface area (Å²) in [5.74, 6) is 0. The zero-order chi connectivity index (χ0) is 14.5. The van der Waals surface area contributed by atoms with Crippen molar-refractivity contribution in [2.45, 2.75) is 33.0 Å². The minimum absolute atomic E-state index is 0.462. The van der Waals surface area contributed by atoms with Gasteiger partial charge in [-0.2, -0.15) is 11.3 Å². The minimum atomic E-state index is 0.462. The molecule has 0 fully saturated rings. The topological polar surface area (TPSA) is 15.3 Å². The summed E-state index contributed by atoms with van der Waals surface area (Å²) in [6.07, 6.45) is 0. The monoisotopic (exact) mass is 308 g/mol. The van der Waals surface area contributed by atoms with Crippen LogP contribution in [0.4, 0.5) is 5.69 Å². The van der Waals surface area contributed by atoms with E-state index in [0.717, 1.165) is 18.1 Å². The van der Waals surface area contributed by atoms with Gasteiger partial charge in [0, 0.05) is 36.9 Å². The molecular weight excluding hydrogens is 288 g/mol. The molecule has 0 saturated heterocycles. The highest BCUT2D eigenvalue weighted by Gasteiger charge is 2.09. The Balaban J connectivity index is 2.16. The molecule has 1 aromatic carbocycles. The van der Waals surface area contributed by atoms with E-state index in [-0.39, 0.29) is 0 Å². The zero-order valence-corrected chi connectivity index (χ0v) is 13.8. The van der Waals surface area contributed by atoms with Gasteiger partial charge in [0.25, 0.3) is 0 Å². The summed E-state index contributed by atoms with van der Waals surface area (Å²) >= 11 is 7.87. The molecule has 20 heavy (non-hydrogen) atoms. The van der Waals surface area contributed by atoms with Gasteiger partial charge < -0.3 is 10.2 Å². The lowest BCUT2D eigenvalue weighted by atomic mass is 10.1. The van der Waals surface area contributed by atoms with Crippen molar-refractivity contribution in [3.8, 4) is 0 Å². The van der Waals surface area contributed by atoms with Crippen molar-refractivity contribution >= 4 is 28.6 Å². The molecular formula is C16H21ClN2S. The average molecular weight is 309 g/mol. The van der Waals surface area contributed by atoms with Gasteiger partial charge in [-0.05, 0) is 46.2 Å². The maximum absolute atomic E-state index is 6.13. The lowest BCUT2D eigenvalue weighted by Gasteiger charge is -2.23. The Kier molecular flexibility index (Phi) is 5.46. The zero-order valence-electron chi connectivity index (χ0n) is 12.2. The second kappa shape index (κ2) is 7.11. The number of halogens is 1. The fraction of sp³-hybridized carbons (Fsp3) is 0.375. The van der Waals surface area contributed by atoms with Crippen molar-refractivity contribution in [2.24, 2.45) is 0 Å². The summed E-state index contributed by atoms with van der Waals surface area (Å²) in [4.78, 5) is 2.27. The highest BCUT2D eigenvalue weighted by atomic mass is 35.5. The molecule has 0 atom stereocenters. The normalized spacial score (nSPS) is 11.1. The fourth-order valence-corrected chi connectivity index (χ4v) is 2.98. The standard InChI is InChI=1S/C16H21ClN2S/c1-12(2)18-9-14-8-15(17)4-5-16(14)19(3)10-13-6-7-20-11-13/h4-8,11-12,18H,9-10H2,1-3H3. The number of rotatable bonds is 6. The SMILES string of the molecule is CC(C)NCc1cc(Cl)ccc1N(C)Cc1ccsc1. The van der Waals surface area contributed by atoms with Crippen molar-refractivity contribution in [2.75, 3.05) is 11.9 Å². The van der Waals surface area contributed by atoms with Gasteiger partial charge in [-0.15, -0.1) is 0 Å². The molecule has 0 aliphatic carbocycles. The van der Waals surface area contributed by atoms with Crippen molar-refractivity contribution in [3.05, 3.63) is 51.2 Å². The third-order valence-electron chi connectivity index (χ3n) is 3.15. The van der Waals surface area contributed by atoms with E-state index in [1.54, 1.807) is 11.3 Å². The molecule has 0 unspecified atom stereocenters. The van der Waals surface area contributed by atoms with Gasteiger partial charge >= 0.3 is 0 Å². The van der Waals surface area contributed by atoms with E-state index >= 15 is 0 Å². The van der Waals surface area contributed by atoms with Crippen LogP contribution in [0.2, 0.25) is 5.02 Å². The molecule has 2 aromatic rings. The predicted molar refractivity (Wildman–Crippen MR) is 89.9 cm³/mol. The number of hydrogen-bond acceptors (Lipinski definition) is 3. The van der Waals surface area contributed by atoms with E-state index < -0.39 is 0 Å². The first-order valence-electron chi connectivity index (χ1n) is 6.80. The first-order valence-corrected chi connectivity index (χ1v) is 8.12. The van der Waals surface area contributed by atoms with E-state index in [0.29, 0.717) is 6.04 Å². The minimum Gasteiger partial charge on any atom is -0.370 e. The lowest BCUT2D eigenvalue weighted by Crippen LogP contribution is -2.24. The Bertz CT molecular complexity index is 537. The van der Waals surface area contributed by atoms with Crippen LogP contribution in [0.5, 0.6) is 0 Å². The van der Waals surface area contributed by atoms with Crippen molar-refractivity contribution in [1.29, 1.82) is 0 Å². The molecule has 0 radical (unpaired) electrons. The molecule has 2 rings (SSSR count). The Labute approximate surface area is 130 Å². The molecule has 0 amide bonds. The Morgan fingerprint density at radius 3 is 2.75 bits per heavy atom. The number of nitrogens with zero attached hydrogens (tertiary/aromatic N) is 1. The number of hydrogen-bond donors (Lipinski definition) is 1. The maximum atomic E-state index is 6.13. The van der Waals surface area contributed by atoms with Gasteiger partial charge in [0.15, 0.2) is 0 Å². The molecule has 1 N–H and O–H groups in total. The molecule has 1 aromatic heterocycles. The van der Waals surface area contributed by atoms with Crippen LogP contribution in [0.1, 0.15) is 25.0 Å². The lowest BCUT2D eigenvalue weighted by molar-refractivity contribution is 0.588. The quantitative estimate of drug-likeness (QED) is 0.843. The Hall–Kier alpha value is -1.03. The van der Waals surface area contributed by atoms with Crippen molar-refractivity contribution < 1.29 is 0 Å². The molecule has 0 aliphatic heterocycles. The first kappa shape index (κ1) is 15.4. The molecule has 0 spiro atoms.